The van der Waals surface area contributed by atoms with E-state index in [1.165, 1.54) is 5.56 Å². The van der Waals surface area contributed by atoms with Crippen LogP contribution in [0.4, 0.5) is 5.69 Å². The molecule has 0 saturated heterocycles. The largest absolute Gasteiger partial charge is 0.497 e. The van der Waals surface area contributed by atoms with Crippen LogP contribution in [0.15, 0.2) is 42.5 Å². The van der Waals surface area contributed by atoms with E-state index in [4.69, 9.17) is 10.5 Å². The van der Waals surface area contributed by atoms with Crippen molar-refractivity contribution in [1.82, 2.24) is 5.32 Å². The van der Waals surface area contributed by atoms with E-state index >= 15 is 0 Å². The third-order valence-corrected chi connectivity index (χ3v) is 3.24. The lowest BCUT2D eigenvalue weighted by Gasteiger charge is -2.11. The van der Waals surface area contributed by atoms with Crippen LogP contribution >= 0.6 is 24.8 Å². The maximum Gasteiger partial charge on any atom is 0.118 e. The number of nitrogen functional groups attached to an aromatic ring is 1. The van der Waals surface area contributed by atoms with Crippen molar-refractivity contribution in [3.8, 4) is 16.9 Å². The van der Waals surface area contributed by atoms with E-state index in [-0.39, 0.29) is 24.8 Å². The van der Waals surface area contributed by atoms with Gasteiger partial charge in [-0.15, -0.1) is 24.8 Å². The second-order valence-electron chi connectivity index (χ2n) is 4.46. The Morgan fingerprint density at radius 1 is 1.05 bits per heavy atom. The molecule has 2 aromatic rings. The smallest absolute Gasteiger partial charge is 0.118 e. The summed E-state index contributed by atoms with van der Waals surface area (Å²) in [6.45, 7) is 0.927. The van der Waals surface area contributed by atoms with E-state index in [0.29, 0.717) is 0 Å². The standard InChI is InChI=1S/C16H20N2O.2ClH/c1-18-11-10-13-4-3-5-15(16(13)17)12-6-8-14(19-2)9-7-12;;/h3-9,18H,10-11,17H2,1-2H3;2*1H. The molecule has 3 N–H and O–H groups in total. The zero-order valence-electron chi connectivity index (χ0n) is 12.3. The number of nitrogens with two attached hydrogens (primary N) is 1. The van der Waals surface area contributed by atoms with Crippen LogP contribution in [0.1, 0.15) is 5.56 Å². The average molecular weight is 329 g/mol. The molecule has 0 radical (unpaired) electrons. The molecule has 0 unspecified atom stereocenters. The average Bonchev–Trinajstić information content (AvgIpc) is 2.46. The van der Waals surface area contributed by atoms with Crippen molar-refractivity contribution in [2.45, 2.75) is 6.42 Å². The topological polar surface area (TPSA) is 47.3 Å². The lowest BCUT2D eigenvalue weighted by molar-refractivity contribution is 0.415. The molecule has 0 aromatic heterocycles. The number of anilines is 1. The minimum absolute atomic E-state index is 0. The molecule has 0 heterocycles. The number of ether oxygens (including phenoxy) is 1. The van der Waals surface area contributed by atoms with Gasteiger partial charge in [-0.2, -0.15) is 0 Å². The number of hydrogen-bond donors (Lipinski definition) is 2. The van der Waals surface area contributed by atoms with Gasteiger partial charge in [0.15, 0.2) is 0 Å². The molecule has 0 fully saturated rings. The molecular weight excluding hydrogens is 307 g/mol. The van der Waals surface area contributed by atoms with E-state index in [0.717, 1.165) is 35.5 Å². The van der Waals surface area contributed by atoms with Crippen molar-refractivity contribution in [2.24, 2.45) is 0 Å². The first-order valence-corrected chi connectivity index (χ1v) is 6.42. The normalized spacial score (nSPS) is 9.43. The van der Waals surface area contributed by atoms with Crippen molar-refractivity contribution < 1.29 is 4.74 Å². The number of rotatable bonds is 5. The summed E-state index contributed by atoms with van der Waals surface area (Å²) >= 11 is 0. The van der Waals surface area contributed by atoms with Crippen LogP contribution in [0.2, 0.25) is 0 Å². The van der Waals surface area contributed by atoms with Crippen LogP contribution in [0, 0.1) is 0 Å². The summed E-state index contributed by atoms with van der Waals surface area (Å²) in [6, 6.07) is 14.2. The first kappa shape index (κ1) is 19.6. The first-order valence-electron chi connectivity index (χ1n) is 6.42. The minimum atomic E-state index is 0. The van der Waals surface area contributed by atoms with Gasteiger partial charge >= 0.3 is 0 Å². The molecule has 2 aromatic carbocycles. The van der Waals surface area contributed by atoms with Crippen molar-refractivity contribution in [3.63, 3.8) is 0 Å². The van der Waals surface area contributed by atoms with Crippen LogP contribution in [0.25, 0.3) is 11.1 Å². The van der Waals surface area contributed by atoms with Gasteiger partial charge in [0.1, 0.15) is 5.75 Å². The number of nitrogens with one attached hydrogen (secondary N) is 1. The molecule has 0 aliphatic heterocycles. The van der Waals surface area contributed by atoms with Crippen LogP contribution in [0.5, 0.6) is 5.75 Å². The second kappa shape index (κ2) is 9.50. The summed E-state index contributed by atoms with van der Waals surface area (Å²) < 4.78 is 5.17. The van der Waals surface area contributed by atoms with Crippen molar-refractivity contribution in [1.29, 1.82) is 0 Å². The van der Waals surface area contributed by atoms with E-state index < -0.39 is 0 Å². The molecule has 0 spiro atoms. The van der Waals surface area contributed by atoms with E-state index in [1.807, 2.05) is 31.3 Å². The predicted molar refractivity (Wildman–Crippen MR) is 95.0 cm³/mol. The Labute approximate surface area is 138 Å². The second-order valence-corrected chi connectivity index (χ2v) is 4.46. The number of para-hydroxylation sites is 1. The predicted octanol–water partition coefficient (Wildman–Crippen LogP) is 3.55. The fraction of sp³-hybridized carbons (Fsp3) is 0.250. The Kier molecular flexibility index (Phi) is 8.86. The Morgan fingerprint density at radius 2 is 1.71 bits per heavy atom. The van der Waals surface area contributed by atoms with Gasteiger partial charge in [0, 0.05) is 11.3 Å². The molecule has 116 valence electrons. The van der Waals surface area contributed by atoms with Crippen LogP contribution < -0.4 is 15.8 Å². The zero-order valence-corrected chi connectivity index (χ0v) is 13.9. The SMILES string of the molecule is CNCCc1cccc(-c2ccc(OC)cc2)c1N.Cl.Cl. The molecule has 2 rings (SSSR count). The Hall–Kier alpha value is -1.42. The quantitative estimate of drug-likeness (QED) is 0.825. The lowest BCUT2D eigenvalue weighted by atomic mass is 9.99. The molecule has 0 atom stereocenters. The molecular formula is C16H22Cl2N2O. The van der Waals surface area contributed by atoms with Crippen LogP contribution in [-0.4, -0.2) is 20.7 Å². The molecule has 21 heavy (non-hydrogen) atoms. The lowest BCUT2D eigenvalue weighted by Crippen LogP contribution is -2.11. The summed E-state index contributed by atoms with van der Waals surface area (Å²) in [5.41, 5.74) is 10.5. The highest BCUT2D eigenvalue weighted by Crippen LogP contribution is 2.30. The molecule has 0 aliphatic carbocycles. The maximum absolute atomic E-state index is 6.27. The maximum atomic E-state index is 6.27. The van der Waals surface area contributed by atoms with Gasteiger partial charge < -0.3 is 15.8 Å². The number of methoxy groups -OCH3 is 1. The zero-order chi connectivity index (χ0) is 13.7. The molecule has 0 aliphatic rings. The Balaban J connectivity index is 0.00000200. The highest BCUT2D eigenvalue weighted by atomic mass is 35.5. The fourth-order valence-corrected chi connectivity index (χ4v) is 2.11. The van der Waals surface area contributed by atoms with Gasteiger partial charge in [-0.05, 0) is 43.3 Å². The highest BCUT2D eigenvalue weighted by molar-refractivity contribution is 5.85. The Bertz CT molecular complexity index is 544. The fourth-order valence-electron chi connectivity index (χ4n) is 2.11. The molecule has 0 bridgehead atoms. The summed E-state index contributed by atoms with van der Waals surface area (Å²) in [6.07, 6.45) is 0.937. The molecule has 3 nitrogen and oxygen atoms in total. The van der Waals surface area contributed by atoms with Gasteiger partial charge in [0.05, 0.1) is 7.11 Å². The van der Waals surface area contributed by atoms with Crippen molar-refractivity contribution in [3.05, 3.63) is 48.0 Å². The third kappa shape index (κ3) is 4.81. The molecule has 0 amide bonds. The van der Waals surface area contributed by atoms with Crippen molar-refractivity contribution >= 4 is 30.5 Å². The number of likely N-dealkylation sites (N-methyl/N-ethyl adjacent to an activating group) is 1. The van der Waals surface area contributed by atoms with E-state index in [9.17, 15) is 0 Å². The first-order chi connectivity index (χ1) is 9.26. The van der Waals surface area contributed by atoms with Gasteiger partial charge in [-0.25, -0.2) is 0 Å². The van der Waals surface area contributed by atoms with Crippen LogP contribution in [-0.2, 0) is 6.42 Å². The molecule has 5 heteroatoms. The molecule has 0 saturated carbocycles. The van der Waals surface area contributed by atoms with E-state index in [1.54, 1.807) is 7.11 Å². The van der Waals surface area contributed by atoms with Crippen LogP contribution in [0.3, 0.4) is 0 Å². The summed E-state index contributed by atoms with van der Waals surface area (Å²) in [5, 5.41) is 3.15. The monoisotopic (exact) mass is 328 g/mol. The van der Waals surface area contributed by atoms with Gasteiger partial charge in [0.25, 0.3) is 0 Å². The van der Waals surface area contributed by atoms with Crippen molar-refractivity contribution in [2.75, 3.05) is 26.4 Å². The van der Waals surface area contributed by atoms with Gasteiger partial charge in [-0.1, -0.05) is 30.3 Å². The minimum Gasteiger partial charge on any atom is -0.497 e. The third-order valence-electron chi connectivity index (χ3n) is 3.24. The Morgan fingerprint density at radius 3 is 2.29 bits per heavy atom. The highest BCUT2D eigenvalue weighted by Gasteiger charge is 2.06. The summed E-state index contributed by atoms with van der Waals surface area (Å²) in [4.78, 5) is 0. The number of halogens is 2. The van der Waals surface area contributed by atoms with Gasteiger partial charge in [0.2, 0.25) is 0 Å². The van der Waals surface area contributed by atoms with E-state index in [2.05, 4.69) is 23.5 Å². The summed E-state index contributed by atoms with van der Waals surface area (Å²) in [7, 11) is 3.62. The summed E-state index contributed by atoms with van der Waals surface area (Å²) in [5.74, 6) is 0.855. The van der Waals surface area contributed by atoms with Gasteiger partial charge in [-0.3, -0.25) is 0 Å². The number of benzene rings is 2. The number of hydrogen-bond acceptors (Lipinski definition) is 3.